The van der Waals surface area contributed by atoms with E-state index < -0.39 is 0 Å². The van der Waals surface area contributed by atoms with Crippen molar-refractivity contribution in [3.63, 3.8) is 0 Å². The number of nitrogen functional groups attached to an aromatic ring is 1. The molecule has 0 unspecified atom stereocenters. The van der Waals surface area contributed by atoms with Crippen LogP contribution in [-0.4, -0.2) is 36.1 Å². The van der Waals surface area contributed by atoms with E-state index in [4.69, 9.17) is 5.73 Å². The van der Waals surface area contributed by atoms with Crippen molar-refractivity contribution in [2.24, 2.45) is 0 Å². The molecule has 1 saturated heterocycles. The minimum absolute atomic E-state index is 0.378. The van der Waals surface area contributed by atoms with Gasteiger partial charge < -0.3 is 16.0 Å². The minimum Gasteiger partial charge on any atom is -0.368 e. The molecule has 0 saturated carbocycles. The standard InChI is InChI=1S/C18H23N5/c1-20-13-9-10-23(11-13)17-15-8-4-6-12-5-2-3-7-14(12)16(15)21-18(19)22-17/h2-3,5,7,13,20H,4,6,8-11H2,1H3,(H2,19,21,22)/t13-/m0/s1. The van der Waals surface area contributed by atoms with Crippen LogP contribution in [0.5, 0.6) is 0 Å². The zero-order valence-corrected chi connectivity index (χ0v) is 13.5. The van der Waals surface area contributed by atoms with Gasteiger partial charge in [-0.3, -0.25) is 0 Å². The summed E-state index contributed by atoms with van der Waals surface area (Å²) in [4.78, 5) is 11.6. The van der Waals surface area contributed by atoms with Crippen molar-refractivity contribution in [1.29, 1.82) is 0 Å². The van der Waals surface area contributed by atoms with Gasteiger partial charge in [0, 0.05) is 30.3 Å². The molecule has 0 spiro atoms. The van der Waals surface area contributed by atoms with E-state index in [-0.39, 0.29) is 0 Å². The Bertz CT molecular complexity index is 727. The number of benzene rings is 1. The van der Waals surface area contributed by atoms with Gasteiger partial charge in [0.1, 0.15) is 5.82 Å². The molecule has 1 aromatic carbocycles. The Labute approximate surface area is 136 Å². The van der Waals surface area contributed by atoms with Crippen LogP contribution in [0.1, 0.15) is 24.0 Å². The number of aromatic nitrogens is 2. The zero-order chi connectivity index (χ0) is 15.8. The first-order valence-electron chi connectivity index (χ1n) is 8.43. The molecule has 3 N–H and O–H groups in total. The lowest BCUT2D eigenvalue weighted by Crippen LogP contribution is -2.30. The normalized spacial score (nSPS) is 20.0. The Morgan fingerprint density at radius 2 is 2.09 bits per heavy atom. The summed E-state index contributed by atoms with van der Waals surface area (Å²) in [5.41, 5.74) is 10.9. The molecule has 0 amide bonds. The van der Waals surface area contributed by atoms with Crippen LogP contribution < -0.4 is 16.0 Å². The number of rotatable bonds is 2. The number of nitrogens with one attached hydrogen (secondary N) is 1. The molecule has 2 aliphatic rings. The van der Waals surface area contributed by atoms with Gasteiger partial charge in [-0.25, -0.2) is 4.98 Å². The van der Waals surface area contributed by atoms with Crippen molar-refractivity contribution in [2.75, 3.05) is 30.8 Å². The quantitative estimate of drug-likeness (QED) is 0.888. The molecule has 2 heterocycles. The van der Waals surface area contributed by atoms with Gasteiger partial charge in [-0.1, -0.05) is 24.3 Å². The fourth-order valence-corrected chi connectivity index (χ4v) is 3.82. The van der Waals surface area contributed by atoms with Crippen LogP contribution in [0.15, 0.2) is 24.3 Å². The van der Waals surface area contributed by atoms with E-state index in [0.717, 1.165) is 50.3 Å². The first-order valence-corrected chi connectivity index (χ1v) is 8.43. The molecule has 1 aliphatic heterocycles. The van der Waals surface area contributed by atoms with E-state index in [1.54, 1.807) is 0 Å². The number of fused-ring (bicyclic) bond motifs is 3. The zero-order valence-electron chi connectivity index (χ0n) is 13.5. The van der Waals surface area contributed by atoms with Gasteiger partial charge in [0.25, 0.3) is 0 Å². The summed E-state index contributed by atoms with van der Waals surface area (Å²) < 4.78 is 0. The van der Waals surface area contributed by atoms with Crippen molar-refractivity contribution >= 4 is 11.8 Å². The molecule has 23 heavy (non-hydrogen) atoms. The van der Waals surface area contributed by atoms with Crippen LogP contribution in [0.4, 0.5) is 11.8 Å². The number of anilines is 2. The third-order valence-corrected chi connectivity index (χ3v) is 5.04. The van der Waals surface area contributed by atoms with E-state index in [9.17, 15) is 0 Å². The number of hydrogen-bond donors (Lipinski definition) is 2. The Balaban J connectivity index is 1.83. The molecular formula is C18H23N5. The smallest absolute Gasteiger partial charge is 0.222 e. The number of hydrogen-bond acceptors (Lipinski definition) is 5. The lowest BCUT2D eigenvalue weighted by molar-refractivity contribution is 0.616. The van der Waals surface area contributed by atoms with E-state index >= 15 is 0 Å². The predicted molar refractivity (Wildman–Crippen MR) is 93.6 cm³/mol. The Morgan fingerprint density at radius 1 is 1.22 bits per heavy atom. The molecule has 0 bridgehead atoms. The SMILES string of the molecule is CN[C@H]1CCN(c2nc(N)nc3c2CCCc2ccccc2-3)C1. The van der Waals surface area contributed by atoms with Gasteiger partial charge >= 0.3 is 0 Å². The van der Waals surface area contributed by atoms with Crippen LogP contribution in [0, 0.1) is 0 Å². The summed E-state index contributed by atoms with van der Waals surface area (Å²) in [5, 5.41) is 3.37. The van der Waals surface area contributed by atoms with Gasteiger partial charge in [-0.05, 0) is 38.3 Å². The van der Waals surface area contributed by atoms with Gasteiger partial charge in [0.15, 0.2) is 0 Å². The Kier molecular flexibility index (Phi) is 3.65. The van der Waals surface area contributed by atoms with E-state index in [1.807, 2.05) is 7.05 Å². The summed E-state index contributed by atoms with van der Waals surface area (Å²) in [5.74, 6) is 1.42. The van der Waals surface area contributed by atoms with Crippen LogP contribution in [0.2, 0.25) is 0 Å². The molecule has 1 fully saturated rings. The van der Waals surface area contributed by atoms with Crippen molar-refractivity contribution in [3.05, 3.63) is 35.4 Å². The molecule has 2 aromatic rings. The van der Waals surface area contributed by atoms with Gasteiger partial charge in [0.2, 0.25) is 5.95 Å². The molecule has 5 nitrogen and oxygen atoms in total. The fraction of sp³-hybridized carbons (Fsp3) is 0.444. The highest BCUT2D eigenvalue weighted by Crippen LogP contribution is 2.36. The van der Waals surface area contributed by atoms with Crippen LogP contribution >= 0.6 is 0 Å². The topological polar surface area (TPSA) is 67.1 Å². The second-order valence-electron chi connectivity index (χ2n) is 6.46. The number of likely N-dealkylation sites (N-methyl/N-ethyl adjacent to an activating group) is 1. The van der Waals surface area contributed by atoms with E-state index in [0.29, 0.717) is 12.0 Å². The van der Waals surface area contributed by atoms with Gasteiger partial charge in [-0.2, -0.15) is 4.98 Å². The molecule has 5 heteroatoms. The monoisotopic (exact) mass is 309 g/mol. The largest absolute Gasteiger partial charge is 0.368 e. The highest BCUT2D eigenvalue weighted by molar-refractivity contribution is 5.74. The molecular weight excluding hydrogens is 286 g/mol. The maximum Gasteiger partial charge on any atom is 0.222 e. The maximum absolute atomic E-state index is 6.06. The summed E-state index contributed by atoms with van der Waals surface area (Å²) in [6.07, 6.45) is 4.38. The lowest BCUT2D eigenvalue weighted by Gasteiger charge is -2.22. The summed E-state index contributed by atoms with van der Waals surface area (Å²) in [6, 6.07) is 9.08. The predicted octanol–water partition coefficient (Wildman–Crippen LogP) is 2.01. The second-order valence-corrected chi connectivity index (χ2v) is 6.46. The highest BCUT2D eigenvalue weighted by Gasteiger charge is 2.27. The number of aryl methyl sites for hydroxylation is 1. The van der Waals surface area contributed by atoms with Crippen LogP contribution in [0.25, 0.3) is 11.3 Å². The highest BCUT2D eigenvalue weighted by atomic mass is 15.2. The van der Waals surface area contributed by atoms with Crippen molar-refractivity contribution in [1.82, 2.24) is 15.3 Å². The second kappa shape index (κ2) is 5.81. The Morgan fingerprint density at radius 3 is 2.91 bits per heavy atom. The third-order valence-electron chi connectivity index (χ3n) is 5.04. The van der Waals surface area contributed by atoms with Crippen molar-refractivity contribution in [2.45, 2.75) is 31.7 Å². The molecule has 1 aromatic heterocycles. The summed E-state index contributed by atoms with van der Waals surface area (Å²) in [7, 11) is 2.03. The average Bonchev–Trinajstić information content (AvgIpc) is 2.97. The average molecular weight is 309 g/mol. The third kappa shape index (κ3) is 2.55. The molecule has 1 atom stereocenters. The molecule has 1 aliphatic carbocycles. The van der Waals surface area contributed by atoms with E-state index in [1.165, 1.54) is 16.7 Å². The van der Waals surface area contributed by atoms with Crippen LogP contribution in [0.3, 0.4) is 0 Å². The van der Waals surface area contributed by atoms with Crippen LogP contribution in [-0.2, 0) is 12.8 Å². The van der Waals surface area contributed by atoms with Gasteiger partial charge in [-0.15, -0.1) is 0 Å². The van der Waals surface area contributed by atoms with E-state index in [2.05, 4.69) is 44.5 Å². The summed E-state index contributed by atoms with van der Waals surface area (Å²) >= 11 is 0. The fourth-order valence-electron chi connectivity index (χ4n) is 3.82. The molecule has 0 radical (unpaired) electrons. The van der Waals surface area contributed by atoms with Crippen molar-refractivity contribution < 1.29 is 0 Å². The summed E-state index contributed by atoms with van der Waals surface area (Å²) in [6.45, 7) is 2.01. The first kappa shape index (κ1) is 14.5. The van der Waals surface area contributed by atoms with Gasteiger partial charge in [0.05, 0.1) is 5.69 Å². The Hall–Kier alpha value is -2.14. The minimum atomic E-state index is 0.378. The number of nitrogens with zero attached hydrogens (tertiary/aromatic N) is 3. The molecule has 120 valence electrons. The van der Waals surface area contributed by atoms with Crippen molar-refractivity contribution in [3.8, 4) is 11.3 Å². The maximum atomic E-state index is 6.06. The number of nitrogens with two attached hydrogens (primary N) is 1. The molecule has 4 rings (SSSR count). The first-order chi connectivity index (χ1) is 11.3. The lowest BCUT2D eigenvalue weighted by atomic mass is 10.0.